The van der Waals surface area contributed by atoms with Crippen molar-refractivity contribution in [3.63, 3.8) is 0 Å². The number of hydrogen-bond acceptors (Lipinski definition) is 3. The van der Waals surface area contributed by atoms with Crippen LogP contribution in [0.4, 0.5) is 5.69 Å². The van der Waals surface area contributed by atoms with Crippen molar-refractivity contribution in [3.8, 4) is 0 Å². The maximum absolute atomic E-state index is 12.8. The quantitative estimate of drug-likeness (QED) is 0.266. The van der Waals surface area contributed by atoms with Gasteiger partial charge in [-0.3, -0.25) is 9.59 Å². The lowest BCUT2D eigenvalue weighted by molar-refractivity contribution is -0.125. The van der Waals surface area contributed by atoms with Crippen LogP contribution in [0.15, 0.2) is 84.0 Å². The summed E-state index contributed by atoms with van der Waals surface area (Å²) in [6.45, 7) is 0.698. The van der Waals surface area contributed by atoms with Gasteiger partial charge in [0, 0.05) is 30.6 Å². The van der Waals surface area contributed by atoms with Crippen molar-refractivity contribution in [3.05, 3.63) is 90.0 Å². The lowest BCUT2D eigenvalue weighted by Crippen LogP contribution is -2.36. The molecule has 2 amide bonds. The van der Waals surface area contributed by atoms with Gasteiger partial charge in [-0.2, -0.15) is 5.10 Å². The van der Waals surface area contributed by atoms with E-state index in [4.69, 9.17) is 0 Å². The molecule has 0 spiro atoms. The Bertz CT molecular complexity index is 1320. The summed E-state index contributed by atoms with van der Waals surface area (Å²) in [5.41, 5.74) is 5.72. The first-order valence-electron chi connectivity index (χ1n) is 11.3. The first kappa shape index (κ1) is 20.9. The summed E-state index contributed by atoms with van der Waals surface area (Å²) in [5, 5.41) is 8.62. The molecule has 1 N–H and O–H groups in total. The lowest BCUT2D eigenvalue weighted by atomic mass is 9.97. The molecule has 5 nitrogen and oxygen atoms in total. The Morgan fingerprint density at radius 2 is 1.55 bits per heavy atom. The molecule has 1 aliphatic heterocycles. The molecule has 0 radical (unpaired) electrons. The van der Waals surface area contributed by atoms with Crippen LogP contribution in [-0.2, 0) is 16.0 Å². The fourth-order valence-corrected chi connectivity index (χ4v) is 4.56. The first-order valence-corrected chi connectivity index (χ1v) is 11.3. The average molecular weight is 436 g/mol. The van der Waals surface area contributed by atoms with Gasteiger partial charge in [0.1, 0.15) is 0 Å². The normalized spacial score (nSPS) is 13.4. The van der Waals surface area contributed by atoms with E-state index >= 15 is 0 Å². The average Bonchev–Trinajstić information content (AvgIpc) is 2.86. The SMILES string of the molecule is O=C(CCC(=O)N1CCCc2ccccc21)N/N=C/c1c2ccccc2cc2ccccc12. The highest BCUT2D eigenvalue weighted by molar-refractivity contribution is 6.13. The van der Waals surface area contributed by atoms with Crippen LogP contribution >= 0.6 is 0 Å². The molecule has 0 fully saturated rings. The minimum atomic E-state index is -0.269. The zero-order chi connectivity index (χ0) is 22.6. The van der Waals surface area contributed by atoms with Crippen LogP contribution in [-0.4, -0.2) is 24.6 Å². The van der Waals surface area contributed by atoms with Crippen LogP contribution in [0, 0.1) is 0 Å². The number of benzene rings is 4. The Morgan fingerprint density at radius 3 is 2.30 bits per heavy atom. The first-order chi connectivity index (χ1) is 16.2. The smallest absolute Gasteiger partial charge is 0.240 e. The Balaban J connectivity index is 1.26. The maximum Gasteiger partial charge on any atom is 0.240 e. The number of carbonyl (C=O) groups is 2. The van der Waals surface area contributed by atoms with Crippen molar-refractivity contribution in [1.82, 2.24) is 5.43 Å². The van der Waals surface area contributed by atoms with Gasteiger partial charge in [0.25, 0.3) is 0 Å². The summed E-state index contributed by atoms with van der Waals surface area (Å²) in [4.78, 5) is 27.0. The van der Waals surface area contributed by atoms with Crippen molar-refractivity contribution in [2.45, 2.75) is 25.7 Å². The lowest BCUT2D eigenvalue weighted by Gasteiger charge is -2.29. The van der Waals surface area contributed by atoms with E-state index in [0.29, 0.717) is 6.54 Å². The Labute approximate surface area is 192 Å². The van der Waals surface area contributed by atoms with Crippen LogP contribution in [0.25, 0.3) is 21.5 Å². The van der Waals surface area contributed by atoms with Gasteiger partial charge in [0.15, 0.2) is 0 Å². The minimum absolute atomic E-state index is 0.0265. The molecule has 4 aromatic rings. The van der Waals surface area contributed by atoms with Crippen molar-refractivity contribution >= 4 is 45.3 Å². The van der Waals surface area contributed by atoms with Gasteiger partial charge in [-0.1, -0.05) is 66.7 Å². The second-order valence-corrected chi connectivity index (χ2v) is 8.30. The predicted octanol–water partition coefficient (Wildman–Crippen LogP) is 5.20. The molecular weight excluding hydrogens is 410 g/mol. The van der Waals surface area contributed by atoms with E-state index in [9.17, 15) is 9.59 Å². The van der Waals surface area contributed by atoms with Gasteiger partial charge in [0.2, 0.25) is 11.8 Å². The van der Waals surface area contributed by atoms with Crippen LogP contribution in [0.5, 0.6) is 0 Å². The van der Waals surface area contributed by atoms with E-state index in [1.807, 2.05) is 42.5 Å². The van der Waals surface area contributed by atoms with Crippen LogP contribution in [0.1, 0.15) is 30.4 Å². The summed E-state index contributed by atoms with van der Waals surface area (Å²) in [6, 6.07) is 26.4. The second-order valence-electron chi connectivity index (χ2n) is 8.30. The molecule has 5 heteroatoms. The summed E-state index contributed by atoms with van der Waals surface area (Å²) in [6.07, 6.45) is 3.89. The number of rotatable bonds is 5. The third-order valence-corrected chi connectivity index (χ3v) is 6.17. The second kappa shape index (κ2) is 9.25. The number of aryl methyl sites for hydroxylation is 1. The Morgan fingerprint density at radius 1 is 0.879 bits per heavy atom. The van der Waals surface area contributed by atoms with Crippen LogP contribution < -0.4 is 10.3 Å². The summed E-state index contributed by atoms with van der Waals surface area (Å²) in [5.74, 6) is -0.296. The molecule has 0 atom stereocenters. The number of nitrogens with zero attached hydrogens (tertiary/aromatic N) is 2. The standard InChI is InChI=1S/C28H25N3O2/c32-27(15-16-28(33)31-17-7-11-20-8-3-6-14-26(20)31)30-29-19-25-23-12-4-1-9-21(23)18-22-10-2-5-13-24(22)25/h1-6,8-10,12-14,18-19H,7,11,15-17H2,(H,30,32)/b29-19+. The number of anilines is 1. The molecule has 4 aromatic carbocycles. The zero-order valence-corrected chi connectivity index (χ0v) is 18.3. The molecule has 0 saturated heterocycles. The molecule has 33 heavy (non-hydrogen) atoms. The van der Waals surface area contributed by atoms with Gasteiger partial charge >= 0.3 is 0 Å². The number of hydrogen-bond donors (Lipinski definition) is 1. The molecule has 0 aromatic heterocycles. The highest BCUT2D eigenvalue weighted by Gasteiger charge is 2.22. The molecule has 0 aliphatic carbocycles. The monoisotopic (exact) mass is 435 g/mol. The van der Waals surface area contributed by atoms with Crippen molar-refractivity contribution < 1.29 is 9.59 Å². The Hall–Kier alpha value is -3.99. The number of carbonyl (C=O) groups excluding carboxylic acids is 2. The third kappa shape index (κ3) is 4.35. The van der Waals surface area contributed by atoms with E-state index < -0.39 is 0 Å². The van der Waals surface area contributed by atoms with Gasteiger partial charge in [-0.05, 0) is 52.1 Å². The van der Waals surface area contributed by atoms with Crippen LogP contribution in [0.3, 0.4) is 0 Å². The number of hydrazone groups is 1. The molecular formula is C28H25N3O2. The minimum Gasteiger partial charge on any atom is -0.312 e. The summed E-state index contributed by atoms with van der Waals surface area (Å²) in [7, 11) is 0. The molecule has 0 unspecified atom stereocenters. The molecule has 1 heterocycles. The van der Waals surface area contributed by atoms with E-state index in [2.05, 4.69) is 46.9 Å². The Kier molecular flexibility index (Phi) is 5.85. The van der Waals surface area contributed by atoms with E-state index in [-0.39, 0.29) is 24.7 Å². The summed E-state index contributed by atoms with van der Waals surface area (Å²) >= 11 is 0. The number of amides is 2. The third-order valence-electron chi connectivity index (χ3n) is 6.17. The molecule has 164 valence electrons. The molecule has 0 bridgehead atoms. The molecule has 5 rings (SSSR count). The van der Waals surface area contributed by atoms with Crippen molar-refractivity contribution in [2.75, 3.05) is 11.4 Å². The van der Waals surface area contributed by atoms with Gasteiger partial charge in [0.05, 0.1) is 6.21 Å². The molecule has 0 saturated carbocycles. The van der Waals surface area contributed by atoms with Gasteiger partial charge < -0.3 is 4.90 Å². The number of para-hydroxylation sites is 1. The van der Waals surface area contributed by atoms with Crippen molar-refractivity contribution in [2.24, 2.45) is 5.10 Å². The number of nitrogens with one attached hydrogen (secondary N) is 1. The maximum atomic E-state index is 12.8. The van der Waals surface area contributed by atoms with E-state index in [0.717, 1.165) is 45.6 Å². The highest BCUT2D eigenvalue weighted by atomic mass is 16.2. The highest BCUT2D eigenvalue weighted by Crippen LogP contribution is 2.28. The predicted molar refractivity (Wildman–Crippen MR) is 134 cm³/mol. The van der Waals surface area contributed by atoms with Gasteiger partial charge in [-0.15, -0.1) is 0 Å². The van der Waals surface area contributed by atoms with Crippen molar-refractivity contribution in [1.29, 1.82) is 0 Å². The fourth-order valence-electron chi connectivity index (χ4n) is 4.56. The summed E-state index contributed by atoms with van der Waals surface area (Å²) < 4.78 is 0. The van der Waals surface area contributed by atoms with Gasteiger partial charge in [-0.25, -0.2) is 5.43 Å². The van der Waals surface area contributed by atoms with E-state index in [1.165, 1.54) is 5.56 Å². The molecule has 1 aliphatic rings. The fraction of sp³-hybridized carbons (Fsp3) is 0.179. The zero-order valence-electron chi connectivity index (χ0n) is 18.3. The number of fused-ring (bicyclic) bond motifs is 3. The van der Waals surface area contributed by atoms with Crippen LogP contribution in [0.2, 0.25) is 0 Å². The topological polar surface area (TPSA) is 61.8 Å². The largest absolute Gasteiger partial charge is 0.312 e. The van der Waals surface area contributed by atoms with E-state index in [1.54, 1.807) is 11.1 Å².